The number of hydrogen-bond acceptors (Lipinski definition) is 5. The first kappa shape index (κ1) is 17.5. The zero-order valence-corrected chi connectivity index (χ0v) is 13.9. The highest BCUT2D eigenvalue weighted by atomic mass is 16.6. The molecule has 0 saturated carbocycles. The highest BCUT2D eigenvalue weighted by Crippen LogP contribution is 2.39. The number of primary amides is 1. The summed E-state index contributed by atoms with van der Waals surface area (Å²) in [5.41, 5.74) is 3.60. The zero-order chi connectivity index (χ0) is 17.4. The lowest BCUT2D eigenvalue weighted by atomic mass is 9.78. The predicted molar refractivity (Wildman–Crippen MR) is 81.3 cm³/mol. The van der Waals surface area contributed by atoms with Crippen LogP contribution in [0, 0.1) is 0 Å². The van der Waals surface area contributed by atoms with Gasteiger partial charge in [-0.3, -0.25) is 14.5 Å². The molecule has 0 aromatic rings. The molecule has 2 atom stereocenters. The fourth-order valence-electron chi connectivity index (χ4n) is 3.20. The minimum absolute atomic E-state index is 0.194. The van der Waals surface area contributed by atoms with Crippen LogP contribution < -0.4 is 5.73 Å². The van der Waals surface area contributed by atoms with Gasteiger partial charge in [0, 0.05) is 6.54 Å². The minimum atomic E-state index is -1.05. The lowest BCUT2D eigenvalue weighted by Gasteiger charge is -2.57. The lowest BCUT2D eigenvalue weighted by molar-refractivity contribution is -0.175. The molecule has 2 heterocycles. The Morgan fingerprint density at radius 2 is 2.04 bits per heavy atom. The van der Waals surface area contributed by atoms with E-state index in [1.807, 2.05) is 0 Å². The third-order valence-electron chi connectivity index (χ3n) is 4.32. The Hall–Kier alpha value is -1.83. The van der Waals surface area contributed by atoms with Gasteiger partial charge in [0.15, 0.2) is 0 Å². The number of hydrogen-bond donors (Lipinski definition) is 2. The first-order valence-corrected chi connectivity index (χ1v) is 7.84. The van der Waals surface area contributed by atoms with Crippen LogP contribution in [0.1, 0.15) is 40.0 Å². The number of likely N-dealkylation sites (tertiary alicyclic amines) is 2. The summed E-state index contributed by atoms with van der Waals surface area (Å²) in [6.45, 7) is 5.42. The largest absolute Gasteiger partial charge is 0.444 e. The number of nitrogens with two attached hydrogens (primary N) is 1. The standard InChI is InChI=1S/C15H25N3O5/c1-14(2,3)23-13(22)18-7-5-4-6-15(18)9-17(12(15)21)10(8-19)11(16)20/h10,19H,4-9H2,1-3H3,(H2,16,20)/t10-,15?/m0/s1. The van der Waals surface area contributed by atoms with Crippen LogP contribution >= 0.6 is 0 Å². The van der Waals surface area contributed by atoms with Crippen LogP contribution in [-0.2, 0) is 14.3 Å². The van der Waals surface area contributed by atoms with Crippen LogP contribution in [-0.4, -0.2) is 69.7 Å². The Bertz CT molecular complexity index is 516. The van der Waals surface area contributed by atoms with Crippen molar-refractivity contribution in [3.63, 3.8) is 0 Å². The quantitative estimate of drug-likeness (QED) is 0.699. The molecule has 0 aromatic heterocycles. The van der Waals surface area contributed by atoms with Crippen LogP contribution in [0.4, 0.5) is 4.79 Å². The van der Waals surface area contributed by atoms with Crippen molar-refractivity contribution in [3.8, 4) is 0 Å². The van der Waals surface area contributed by atoms with Crippen molar-refractivity contribution >= 4 is 17.9 Å². The molecule has 0 aromatic carbocycles. The zero-order valence-electron chi connectivity index (χ0n) is 13.9. The van der Waals surface area contributed by atoms with Gasteiger partial charge < -0.3 is 20.5 Å². The summed E-state index contributed by atoms with van der Waals surface area (Å²) in [6, 6.07) is -1.05. The van der Waals surface area contributed by atoms with Gasteiger partial charge in [-0.25, -0.2) is 4.79 Å². The molecule has 3 amide bonds. The SMILES string of the molecule is CC(C)(C)OC(=O)N1CCCCC12CN([C@@H](CO)C(N)=O)C2=O. The fourth-order valence-corrected chi connectivity index (χ4v) is 3.20. The number of aliphatic hydroxyl groups is 1. The molecule has 2 aliphatic rings. The van der Waals surface area contributed by atoms with Gasteiger partial charge >= 0.3 is 6.09 Å². The summed E-state index contributed by atoms with van der Waals surface area (Å²) in [7, 11) is 0. The Kier molecular flexibility index (Phi) is 4.57. The van der Waals surface area contributed by atoms with E-state index in [4.69, 9.17) is 10.5 Å². The summed E-state index contributed by atoms with van der Waals surface area (Å²) < 4.78 is 5.40. The molecule has 8 nitrogen and oxygen atoms in total. The molecule has 130 valence electrons. The summed E-state index contributed by atoms with van der Waals surface area (Å²) in [6.07, 6.45) is 1.62. The number of ether oxygens (including phenoxy) is 1. The summed E-state index contributed by atoms with van der Waals surface area (Å²) in [5.74, 6) is -1.10. The second-order valence-corrected chi connectivity index (χ2v) is 7.15. The minimum Gasteiger partial charge on any atom is -0.444 e. The molecule has 2 fully saturated rings. The third kappa shape index (κ3) is 3.12. The first-order valence-electron chi connectivity index (χ1n) is 7.84. The summed E-state index contributed by atoms with van der Waals surface area (Å²) in [5, 5.41) is 9.26. The molecular weight excluding hydrogens is 302 g/mol. The first-order chi connectivity index (χ1) is 10.6. The van der Waals surface area contributed by atoms with Crippen molar-refractivity contribution in [1.29, 1.82) is 0 Å². The maximum absolute atomic E-state index is 12.7. The van der Waals surface area contributed by atoms with Gasteiger partial charge in [-0.15, -0.1) is 0 Å². The van der Waals surface area contributed by atoms with Crippen LogP contribution in [0.15, 0.2) is 0 Å². The van der Waals surface area contributed by atoms with E-state index in [1.54, 1.807) is 20.8 Å². The van der Waals surface area contributed by atoms with E-state index in [2.05, 4.69) is 0 Å². The van der Waals surface area contributed by atoms with E-state index < -0.39 is 35.8 Å². The van der Waals surface area contributed by atoms with Crippen LogP contribution in [0.3, 0.4) is 0 Å². The topological polar surface area (TPSA) is 113 Å². The van der Waals surface area contributed by atoms with E-state index in [0.717, 1.165) is 12.8 Å². The molecule has 3 N–H and O–H groups in total. The van der Waals surface area contributed by atoms with E-state index in [0.29, 0.717) is 13.0 Å². The monoisotopic (exact) mass is 327 g/mol. The number of β-lactam (4-membered cyclic amide) rings is 1. The molecule has 23 heavy (non-hydrogen) atoms. The van der Waals surface area contributed by atoms with Gasteiger partial charge in [0.05, 0.1) is 13.2 Å². The average Bonchev–Trinajstić information content (AvgIpc) is 2.45. The number of piperidine rings is 1. The lowest BCUT2D eigenvalue weighted by Crippen LogP contribution is -2.79. The van der Waals surface area contributed by atoms with E-state index in [1.165, 1.54) is 9.80 Å². The molecule has 0 radical (unpaired) electrons. The normalized spacial score (nSPS) is 26.0. The Morgan fingerprint density at radius 3 is 2.52 bits per heavy atom. The summed E-state index contributed by atoms with van der Waals surface area (Å²) in [4.78, 5) is 39.2. The number of carbonyl (C=O) groups is 3. The molecule has 0 aliphatic carbocycles. The van der Waals surface area contributed by atoms with Crippen molar-refractivity contribution in [1.82, 2.24) is 9.80 Å². The van der Waals surface area contributed by atoms with Crippen molar-refractivity contribution < 1.29 is 24.2 Å². The molecule has 2 rings (SSSR count). The van der Waals surface area contributed by atoms with Crippen molar-refractivity contribution in [3.05, 3.63) is 0 Å². The summed E-state index contributed by atoms with van der Waals surface area (Å²) >= 11 is 0. The van der Waals surface area contributed by atoms with E-state index in [9.17, 15) is 19.5 Å². The highest BCUT2D eigenvalue weighted by molar-refractivity contribution is 5.99. The fraction of sp³-hybridized carbons (Fsp3) is 0.800. The molecule has 0 bridgehead atoms. The number of rotatable bonds is 3. The Balaban J connectivity index is 2.18. The van der Waals surface area contributed by atoms with Gasteiger partial charge in [0.1, 0.15) is 17.2 Å². The van der Waals surface area contributed by atoms with Crippen LogP contribution in [0.5, 0.6) is 0 Å². The van der Waals surface area contributed by atoms with Gasteiger partial charge in [-0.1, -0.05) is 0 Å². The maximum Gasteiger partial charge on any atom is 0.411 e. The Labute approximate surface area is 135 Å². The molecular formula is C15H25N3O5. The van der Waals surface area contributed by atoms with E-state index >= 15 is 0 Å². The molecule has 1 unspecified atom stereocenters. The van der Waals surface area contributed by atoms with E-state index in [-0.39, 0.29) is 12.5 Å². The third-order valence-corrected chi connectivity index (χ3v) is 4.32. The molecule has 8 heteroatoms. The molecule has 1 spiro atoms. The van der Waals surface area contributed by atoms with Crippen molar-refractivity contribution in [2.24, 2.45) is 5.73 Å². The van der Waals surface area contributed by atoms with Crippen LogP contribution in [0.25, 0.3) is 0 Å². The average molecular weight is 327 g/mol. The van der Waals surface area contributed by atoms with Crippen LogP contribution in [0.2, 0.25) is 0 Å². The Morgan fingerprint density at radius 1 is 1.39 bits per heavy atom. The predicted octanol–water partition coefficient (Wildman–Crippen LogP) is -0.165. The second kappa shape index (κ2) is 5.99. The van der Waals surface area contributed by atoms with Gasteiger partial charge in [0.25, 0.3) is 5.91 Å². The van der Waals surface area contributed by atoms with Crippen molar-refractivity contribution in [2.45, 2.75) is 57.2 Å². The second-order valence-electron chi connectivity index (χ2n) is 7.15. The number of aliphatic hydroxyl groups excluding tert-OH is 1. The van der Waals surface area contributed by atoms with Gasteiger partial charge in [0.2, 0.25) is 5.91 Å². The molecule has 2 saturated heterocycles. The maximum atomic E-state index is 12.7. The van der Waals surface area contributed by atoms with Gasteiger partial charge in [-0.05, 0) is 40.0 Å². The number of nitrogens with zero attached hydrogens (tertiary/aromatic N) is 2. The van der Waals surface area contributed by atoms with Gasteiger partial charge in [-0.2, -0.15) is 0 Å². The number of amides is 3. The van der Waals surface area contributed by atoms with Crippen molar-refractivity contribution in [2.75, 3.05) is 19.7 Å². The number of carbonyl (C=O) groups excluding carboxylic acids is 3. The smallest absolute Gasteiger partial charge is 0.411 e. The molecule has 2 aliphatic heterocycles. The highest BCUT2D eigenvalue weighted by Gasteiger charge is 2.60.